The first-order chi connectivity index (χ1) is 14.3. The Balaban J connectivity index is 1.69. The molecule has 0 spiro atoms. The van der Waals surface area contributed by atoms with Crippen molar-refractivity contribution in [2.24, 2.45) is 0 Å². The Morgan fingerprint density at radius 3 is 2.60 bits per heavy atom. The van der Waals surface area contributed by atoms with Gasteiger partial charge in [-0.2, -0.15) is 0 Å². The number of aromatic nitrogens is 1. The zero-order valence-corrected chi connectivity index (χ0v) is 17.6. The van der Waals surface area contributed by atoms with Gasteiger partial charge in [0.2, 0.25) is 0 Å². The maximum Gasteiger partial charge on any atom is 0.270 e. The van der Waals surface area contributed by atoms with Crippen LogP contribution in [0.3, 0.4) is 0 Å². The van der Waals surface area contributed by atoms with Crippen molar-refractivity contribution in [3.63, 3.8) is 0 Å². The number of H-pyrrole nitrogens is 1. The van der Waals surface area contributed by atoms with Crippen LogP contribution in [0.5, 0.6) is 5.75 Å². The lowest BCUT2D eigenvalue weighted by atomic mass is 10.1. The highest BCUT2D eigenvalue weighted by molar-refractivity contribution is 7.91. The maximum atomic E-state index is 13.8. The van der Waals surface area contributed by atoms with Gasteiger partial charge in [-0.25, -0.2) is 12.8 Å². The summed E-state index contributed by atoms with van der Waals surface area (Å²) in [7, 11) is -1.59. The van der Waals surface area contributed by atoms with Gasteiger partial charge in [-0.15, -0.1) is 0 Å². The van der Waals surface area contributed by atoms with Crippen molar-refractivity contribution in [2.45, 2.75) is 25.9 Å². The number of methoxy groups -OCH3 is 1. The molecule has 4 rings (SSSR count). The number of fused-ring (bicyclic) bond motifs is 1. The summed E-state index contributed by atoms with van der Waals surface area (Å²) in [5.74, 6) is 0.0408. The Morgan fingerprint density at radius 2 is 1.97 bits per heavy atom. The molecular formula is C22H23FN2O4S. The average Bonchev–Trinajstić information content (AvgIpc) is 3.29. The molecule has 6 nitrogen and oxygen atoms in total. The summed E-state index contributed by atoms with van der Waals surface area (Å²) in [6.07, 6.45) is 0.401. The lowest BCUT2D eigenvalue weighted by Crippen LogP contribution is -2.40. The first kappa shape index (κ1) is 20.4. The number of carbonyl (C=O) groups excluding carboxylic acids is 1. The van der Waals surface area contributed by atoms with Gasteiger partial charge < -0.3 is 14.6 Å². The second-order valence-corrected chi connectivity index (χ2v) is 9.93. The zero-order chi connectivity index (χ0) is 21.5. The molecule has 0 saturated carbocycles. The first-order valence-electron chi connectivity index (χ1n) is 9.69. The Hall–Kier alpha value is -2.87. The van der Waals surface area contributed by atoms with Crippen LogP contribution >= 0.6 is 0 Å². The van der Waals surface area contributed by atoms with Crippen LogP contribution in [0, 0.1) is 12.7 Å². The number of halogens is 1. The molecule has 1 fully saturated rings. The van der Waals surface area contributed by atoms with Gasteiger partial charge in [0.15, 0.2) is 9.84 Å². The molecule has 1 aliphatic rings. The largest absolute Gasteiger partial charge is 0.497 e. The minimum Gasteiger partial charge on any atom is -0.497 e. The quantitative estimate of drug-likeness (QED) is 0.672. The van der Waals surface area contributed by atoms with Gasteiger partial charge in [0, 0.05) is 23.5 Å². The van der Waals surface area contributed by atoms with Crippen LogP contribution in [0.2, 0.25) is 0 Å². The summed E-state index contributed by atoms with van der Waals surface area (Å²) in [5.41, 5.74) is 2.45. The SMILES string of the molecule is COc1ccc(CN(C(=O)c2cc3c(C)cc(F)cc3[nH]2)C2CCS(=O)(=O)C2)cc1. The predicted molar refractivity (Wildman–Crippen MR) is 113 cm³/mol. The second-order valence-electron chi connectivity index (χ2n) is 7.70. The molecule has 2 aromatic carbocycles. The number of hydrogen-bond acceptors (Lipinski definition) is 4. The fraction of sp³-hybridized carbons (Fsp3) is 0.318. The van der Waals surface area contributed by atoms with E-state index in [9.17, 15) is 17.6 Å². The number of benzene rings is 2. The fourth-order valence-corrected chi connectivity index (χ4v) is 5.69. The summed E-state index contributed by atoms with van der Waals surface area (Å²) >= 11 is 0. The molecule has 0 bridgehead atoms. The molecule has 1 atom stereocenters. The number of rotatable bonds is 5. The monoisotopic (exact) mass is 430 g/mol. The molecule has 158 valence electrons. The van der Waals surface area contributed by atoms with E-state index in [0.29, 0.717) is 23.4 Å². The second kappa shape index (κ2) is 7.75. The molecule has 30 heavy (non-hydrogen) atoms. The van der Waals surface area contributed by atoms with Crippen molar-refractivity contribution in [3.8, 4) is 5.75 Å². The van der Waals surface area contributed by atoms with Crippen molar-refractivity contribution < 1.29 is 22.3 Å². The number of aromatic amines is 1. The predicted octanol–water partition coefficient (Wildman–Crippen LogP) is 3.45. The van der Waals surface area contributed by atoms with E-state index in [0.717, 1.165) is 16.5 Å². The molecule has 1 aliphatic heterocycles. The number of hydrogen-bond donors (Lipinski definition) is 1. The van der Waals surface area contributed by atoms with Crippen molar-refractivity contribution >= 4 is 26.6 Å². The van der Waals surface area contributed by atoms with E-state index in [1.54, 1.807) is 37.1 Å². The number of ether oxygens (including phenoxy) is 1. The standard InChI is InChI=1S/C22H23FN2O4S/c1-14-9-16(23)10-20-19(14)11-21(24-20)22(26)25(17-7-8-30(27,28)13-17)12-15-3-5-18(29-2)6-4-15/h3-6,9-11,17,24H,7-8,12-13H2,1-2H3. The summed E-state index contributed by atoms with van der Waals surface area (Å²) < 4.78 is 43.1. The first-order valence-corrected chi connectivity index (χ1v) is 11.5. The average molecular weight is 431 g/mol. The summed E-state index contributed by atoms with van der Waals surface area (Å²) in [6, 6.07) is 11.4. The molecular weight excluding hydrogens is 407 g/mol. The van der Waals surface area contributed by atoms with Gasteiger partial charge in [0.25, 0.3) is 5.91 Å². The lowest BCUT2D eigenvalue weighted by molar-refractivity contribution is 0.0676. The molecule has 3 aromatic rings. The van der Waals surface area contributed by atoms with Gasteiger partial charge in [-0.3, -0.25) is 4.79 Å². The van der Waals surface area contributed by atoms with E-state index in [2.05, 4.69) is 4.98 Å². The molecule has 0 radical (unpaired) electrons. The molecule has 1 N–H and O–H groups in total. The van der Waals surface area contributed by atoms with Crippen LogP contribution in [-0.4, -0.2) is 48.9 Å². The minimum atomic E-state index is -3.17. The summed E-state index contributed by atoms with van der Waals surface area (Å²) in [5, 5.41) is 0.767. The van der Waals surface area contributed by atoms with E-state index in [-0.39, 0.29) is 29.8 Å². The normalized spacial score (nSPS) is 17.9. The summed E-state index contributed by atoms with van der Waals surface area (Å²) in [6.45, 7) is 2.05. The fourth-order valence-electron chi connectivity index (χ4n) is 3.96. The van der Waals surface area contributed by atoms with Crippen LogP contribution in [-0.2, 0) is 16.4 Å². The highest BCUT2D eigenvalue weighted by atomic mass is 32.2. The van der Waals surface area contributed by atoms with Crippen molar-refractivity contribution in [1.82, 2.24) is 9.88 Å². The van der Waals surface area contributed by atoms with Gasteiger partial charge >= 0.3 is 0 Å². The number of carbonyl (C=O) groups is 1. The smallest absolute Gasteiger partial charge is 0.270 e. The number of nitrogens with one attached hydrogen (secondary N) is 1. The number of sulfone groups is 1. The Bertz CT molecular complexity index is 1200. The maximum absolute atomic E-state index is 13.8. The molecule has 1 saturated heterocycles. The summed E-state index contributed by atoms with van der Waals surface area (Å²) in [4.78, 5) is 18.0. The Labute approximate surface area is 174 Å². The molecule has 2 heterocycles. The Kier molecular flexibility index (Phi) is 5.27. The van der Waals surface area contributed by atoms with Crippen molar-refractivity contribution in [1.29, 1.82) is 0 Å². The number of amides is 1. The van der Waals surface area contributed by atoms with Gasteiger partial charge in [0.05, 0.1) is 18.6 Å². The van der Waals surface area contributed by atoms with E-state index in [4.69, 9.17) is 4.74 Å². The van der Waals surface area contributed by atoms with Crippen LogP contribution in [0.1, 0.15) is 28.0 Å². The molecule has 1 unspecified atom stereocenters. The lowest BCUT2D eigenvalue weighted by Gasteiger charge is -2.28. The highest BCUT2D eigenvalue weighted by Gasteiger charge is 2.35. The highest BCUT2D eigenvalue weighted by Crippen LogP contribution is 2.26. The topological polar surface area (TPSA) is 79.5 Å². The molecule has 1 aromatic heterocycles. The molecule has 1 amide bonds. The molecule has 0 aliphatic carbocycles. The van der Waals surface area contributed by atoms with E-state index in [1.165, 1.54) is 12.1 Å². The van der Waals surface area contributed by atoms with E-state index in [1.807, 2.05) is 12.1 Å². The zero-order valence-electron chi connectivity index (χ0n) is 16.8. The van der Waals surface area contributed by atoms with Crippen molar-refractivity contribution in [2.75, 3.05) is 18.6 Å². The van der Waals surface area contributed by atoms with Gasteiger partial charge in [-0.1, -0.05) is 12.1 Å². The van der Waals surface area contributed by atoms with Gasteiger partial charge in [0.1, 0.15) is 17.3 Å². The van der Waals surface area contributed by atoms with E-state index >= 15 is 0 Å². The van der Waals surface area contributed by atoms with Gasteiger partial charge in [-0.05, 0) is 54.8 Å². The number of aryl methyl sites for hydroxylation is 1. The minimum absolute atomic E-state index is 0.0528. The van der Waals surface area contributed by atoms with Crippen LogP contribution < -0.4 is 4.74 Å². The van der Waals surface area contributed by atoms with Crippen molar-refractivity contribution in [3.05, 3.63) is 65.1 Å². The van der Waals surface area contributed by atoms with Crippen LogP contribution in [0.4, 0.5) is 4.39 Å². The third kappa shape index (κ3) is 4.05. The van der Waals surface area contributed by atoms with Crippen LogP contribution in [0.25, 0.3) is 10.9 Å². The third-order valence-electron chi connectivity index (χ3n) is 5.56. The van der Waals surface area contributed by atoms with E-state index < -0.39 is 15.9 Å². The third-order valence-corrected chi connectivity index (χ3v) is 7.31. The number of nitrogens with zero attached hydrogens (tertiary/aromatic N) is 1. The van der Waals surface area contributed by atoms with Crippen LogP contribution in [0.15, 0.2) is 42.5 Å². The Morgan fingerprint density at radius 1 is 1.23 bits per heavy atom. The molecule has 8 heteroatoms.